The second kappa shape index (κ2) is 7.00. The maximum atomic E-state index is 12.6. The quantitative estimate of drug-likeness (QED) is 0.542. The fourth-order valence-corrected chi connectivity index (χ4v) is 3.27. The lowest BCUT2D eigenvalue weighted by atomic mass is 10.1. The minimum atomic E-state index is -0.647. The average Bonchev–Trinajstić information content (AvgIpc) is 3.16. The van der Waals surface area contributed by atoms with Gasteiger partial charge in [0.15, 0.2) is 16.6 Å². The molecule has 9 nitrogen and oxygen atoms in total. The summed E-state index contributed by atoms with van der Waals surface area (Å²) in [6, 6.07) is 6.15. The summed E-state index contributed by atoms with van der Waals surface area (Å²) < 4.78 is 10.8. The second-order valence-electron chi connectivity index (χ2n) is 5.50. The highest BCUT2D eigenvalue weighted by atomic mass is 32.1. The van der Waals surface area contributed by atoms with Gasteiger partial charge >= 0.3 is 0 Å². The first-order chi connectivity index (χ1) is 13.1. The number of aromatic nitrogens is 2. The SMILES string of the molecule is O=C(Nc1nc(-c2cccnc2)cs1)c1cc2c(cc1[N+](=O)[O-])OCCO2. The Labute approximate surface area is 156 Å². The van der Waals surface area contributed by atoms with Crippen LogP contribution in [0.1, 0.15) is 10.4 Å². The van der Waals surface area contributed by atoms with Crippen molar-refractivity contribution in [3.8, 4) is 22.8 Å². The first kappa shape index (κ1) is 16.9. The van der Waals surface area contributed by atoms with Gasteiger partial charge in [-0.2, -0.15) is 0 Å². The van der Waals surface area contributed by atoms with Crippen LogP contribution in [-0.2, 0) is 0 Å². The van der Waals surface area contributed by atoms with Gasteiger partial charge in [0.25, 0.3) is 11.6 Å². The number of anilines is 1. The van der Waals surface area contributed by atoms with Crippen LogP contribution in [0, 0.1) is 10.1 Å². The monoisotopic (exact) mass is 384 g/mol. The van der Waals surface area contributed by atoms with Crippen molar-refractivity contribution in [3.05, 3.63) is 57.7 Å². The molecule has 1 N–H and O–H groups in total. The zero-order valence-electron chi connectivity index (χ0n) is 13.7. The Kier molecular flexibility index (Phi) is 4.38. The first-order valence-corrected chi connectivity index (χ1v) is 8.75. The van der Waals surface area contributed by atoms with Crippen LogP contribution in [0.4, 0.5) is 10.8 Å². The van der Waals surface area contributed by atoms with Crippen molar-refractivity contribution in [2.24, 2.45) is 0 Å². The van der Waals surface area contributed by atoms with Crippen molar-refractivity contribution in [2.75, 3.05) is 18.5 Å². The Bertz CT molecular complexity index is 1020. The summed E-state index contributed by atoms with van der Waals surface area (Å²) in [7, 11) is 0. The minimum Gasteiger partial charge on any atom is -0.486 e. The number of carbonyl (C=O) groups excluding carboxylic acids is 1. The number of hydrogen-bond acceptors (Lipinski definition) is 8. The van der Waals surface area contributed by atoms with Crippen molar-refractivity contribution >= 4 is 28.1 Å². The van der Waals surface area contributed by atoms with E-state index in [2.05, 4.69) is 15.3 Å². The van der Waals surface area contributed by atoms with Crippen LogP contribution in [0.3, 0.4) is 0 Å². The Morgan fingerprint density at radius 3 is 2.74 bits per heavy atom. The lowest BCUT2D eigenvalue weighted by Gasteiger charge is -2.18. The molecular weight excluding hydrogens is 372 g/mol. The number of hydrogen-bond donors (Lipinski definition) is 1. The molecular formula is C17H12N4O5S. The zero-order chi connectivity index (χ0) is 18.8. The molecule has 0 saturated heterocycles. The van der Waals surface area contributed by atoms with Crippen molar-refractivity contribution in [1.82, 2.24) is 9.97 Å². The number of nitrogens with one attached hydrogen (secondary N) is 1. The van der Waals surface area contributed by atoms with E-state index in [-0.39, 0.29) is 17.0 Å². The molecule has 1 aliphatic heterocycles. The highest BCUT2D eigenvalue weighted by Crippen LogP contribution is 2.37. The fourth-order valence-electron chi connectivity index (χ4n) is 2.55. The van der Waals surface area contributed by atoms with E-state index in [1.807, 2.05) is 6.07 Å². The minimum absolute atomic E-state index is 0.123. The fraction of sp³-hybridized carbons (Fsp3) is 0.118. The lowest BCUT2D eigenvalue weighted by molar-refractivity contribution is -0.385. The van der Waals surface area contributed by atoms with Gasteiger partial charge in [0.05, 0.1) is 16.7 Å². The van der Waals surface area contributed by atoms with E-state index in [0.29, 0.717) is 29.8 Å². The summed E-state index contributed by atoms with van der Waals surface area (Å²) in [6.07, 6.45) is 3.31. The Morgan fingerprint density at radius 1 is 1.26 bits per heavy atom. The lowest BCUT2D eigenvalue weighted by Crippen LogP contribution is -2.18. The molecule has 136 valence electrons. The van der Waals surface area contributed by atoms with Gasteiger partial charge in [0, 0.05) is 29.4 Å². The van der Waals surface area contributed by atoms with Gasteiger partial charge in [-0.15, -0.1) is 11.3 Å². The van der Waals surface area contributed by atoms with E-state index >= 15 is 0 Å². The van der Waals surface area contributed by atoms with Crippen LogP contribution in [0.15, 0.2) is 42.0 Å². The highest BCUT2D eigenvalue weighted by Gasteiger charge is 2.27. The van der Waals surface area contributed by atoms with E-state index in [4.69, 9.17) is 9.47 Å². The molecule has 10 heteroatoms. The number of nitro groups is 1. The molecule has 1 aromatic carbocycles. The standard InChI is InChI=1S/C17H12N4O5S/c22-16(20-17-19-12(9-27-17)10-2-1-3-18-8-10)11-6-14-15(26-5-4-25-14)7-13(11)21(23)24/h1-3,6-9H,4-5H2,(H,19,20,22). The number of rotatable bonds is 4. The van der Waals surface area contributed by atoms with Gasteiger partial charge in [0.2, 0.25) is 0 Å². The van der Waals surface area contributed by atoms with E-state index in [0.717, 1.165) is 5.56 Å². The maximum absolute atomic E-state index is 12.6. The number of fused-ring (bicyclic) bond motifs is 1. The van der Waals surface area contributed by atoms with Crippen LogP contribution in [0.25, 0.3) is 11.3 Å². The van der Waals surface area contributed by atoms with Gasteiger partial charge < -0.3 is 9.47 Å². The molecule has 27 heavy (non-hydrogen) atoms. The number of benzene rings is 1. The third kappa shape index (κ3) is 3.42. The van der Waals surface area contributed by atoms with Crippen molar-refractivity contribution in [3.63, 3.8) is 0 Å². The van der Waals surface area contributed by atoms with Crippen LogP contribution in [0.5, 0.6) is 11.5 Å². The molecule has 0 unspecified atom stereocenters. The van der Waals surface area contributed by atoms with Crippen molar-refractivity contribution < 1.29 is 19.2 Å². The summed E-state index contributed by atoms with van der Waals surface area (Å²) in [4.78, 5) is 31.7. The van der Waals surface area contributed by atoms with Crippen molar-refractivity contribution in [1.29, 1.82) is 0 Å². The van der Waals surface area contributed by atoms with Crippen LogP contribution in [0.2, 0.25) is 0 Å². The smallest absolute Gasteiger partial charge is 0.286 e. The van der Waals surface area contributed by atoms with Gasteiger partial charge in [-0.1, -0.05) is 0 Å². The molecule has 3 aromatic rings. The number of carbonyl (C=O) groups is 1. The summed E-state index contributed by atoms with van der Waals surface area (Å²) >= 11 is 1.21. The highest BCUT2D eigenvalue weighted by molar-refractivity contribution is 7.14. The van der Waals surface area contributed by atoms with Crippen molar-refractivity contribution in [2.45, 2.75) is 0 Å². The molecule has 0 radical (unpaired) electrons. The van der Waals surface area contributed by atoms with E-state index in [1.54, 1.807) is 23.8 Å². The Balaban J connectivity index is 1.62. The van der Waals surface area contributed by atoms with Gasteiger partial charge in [-0.3, -0.25) is 25.2 Å². The molecule has 0 spiro atoms. The molecule has 0 fully saturated rings. The topological polar surface area (TPSA) is 116 Å². The van der Waals surface area contributed by atoms with Gasteiger partial charge in [-0.25, -0.2) is 4.98 Å². The number of nitro benzene ring substituents is 1. The van der Waals surface area contributed by atoms with Crippen LogP contribution in [-0.4, -0.2) is 34.0 Å². The Hall–Kier alpha value is -3.53. The molecule has 1 amide bonds. The average molecular weight is 384 g/mol. The predicted molar refractivity (Wildman–Crippen MR) is 97.4 cm³/mol. The number of nitrogens with zero attached hydrogens (tertiary/aromatic N) is 3. The summed E-state index contributed by atoms with van der Waals surface area (Å²) in [5.41, 5.74) is 0.975. The molecule has 0 aliphatic carbocycles. The summed E-state index contributed by atoms with van der Waals surface area (Å²) in [5, 5.41) is 16.1. The largest absolute Gasteiger partial charge is 0.486 e. The summed E-state index contributed by atoms with van der Waals surface area (Å²) in [5.74, 6) is -0.101. The predicted octanol–water partition coefficient (Wildman–Crippen LogP) is 3.14. The normalized spacial score (nSPS) is 12.4. The molecule has 0 atom stereocenters. The molecule has 1 aliphatic rings. The van der Waals surface area contributed by atoms with E-state index in [1.165, 1.54) is 23.5 Å². The van der Waals surface area contributed by atoms with E-state index in [9.17, 15) is 14.9 Å². The second-order valence-corrected chi connectivity index (χ2v) is 6.36. The van der Waals surface area contributed by atoms with Gasteiger partial charge in [0.1, 0.15) is 18.8 Å². The van der Waals surface area contributed by atoms with Crippen LogP contribution >= 0.6 is 11.3 Å². The molecule has 4 rings (SSSR count). The number of pyridine rings is 1. The third-order valence-electron chi connectivity index (χ3n) is 3.78. The third-order valence-corrected chi connectivity index (χ3v) is 4.54. The first-order valence-electron chi connectivity index (χ1n) is 7.87. The Morgan fingerprint density at radius 2 is 2.04 bits per heavy atom. The molecule has 2 aromatic heterocycles. The molecule has 3 heterocycles. The summed E-state index contributed by atoms with van der Waals surface area (Å²) in [6.45, 7) is 0.610. The van der Waals surface area contributed by atoms with Crippen LogP contribution < -0.4 is 14.8 Å². The number of amides is 1. The molecule has 0 saturated carbocycles. The van der Waals surface area contributed by atoms with E-state index < -0.39 is 10.8 Å². The number of thiazole rings is 1. The van der Waals surface area contributed by atoms with Gasteiger partial charge in [-0.05, 0) is 12.1 Å². The maximum Gasteiger partial charge on any atom is 0.286 e. The zero-order valence-corrected chi connectivity index (χ0v) is 14.6. The molecule has 0 bridgehead atoms. The number of ether oxygens (including phenoxy) is 2.